The number of aromatic nitrogens is 4. The minimum absolute atomic E-state index is 0.0762. The van der Waals surface area contributed by atoms with Crippen molar-refractivity contribution < 1.29 is 18.3 Å². The van der Waals surface area contributed by atoms with Gasteiger partial charge in [-0.25, -0.2) is 24.3 Å². The fourth-order valence-corrected chi connectivity index (χ4v) is 3.85. The molecule has 0 aliphatic carbocycles. The van der Waals surface area contributed by atoms with E-state index in [-0.39, 0.29) is 17.7 Å². The molecule has 0 spiro atoms. The summed E-state index contributed by atoms with van der Waals surface area (Å²) in [5.74, 6) is -0.809. The van der Waals surface area contributed by atoms with E-state index in [1.54, 1.807) is 30.7 Å². The first kappa shape index (κ1) is 19.7. The number of halogens is 2. The second kappa shape index (κ2) is 8.14. The molecule has 31 heavy (non-hydrogen) atoms. The summed E-state index contributed by atoms with van der Waals surface area (Å²) >= 11 is 0. The molecular weight excluding hydrogens is 404 g/mol. The van der Waals surface area contributed by atoms with Crippen molar-refractivity contribution >= 4 is 5.69 Å². The van der Waals surface area contributed by atoms with E-state index < -0.39 is 11.6 Å². The van der Waals surface area contributed by atoms with Crippen LogP contribution in [0.5, 0.6) is 5.75 Å². The van der Waals surface area contributed by atoms with Gasteiger partial charge in [0.25, 0.3) is 0 Å². The van der Waals surface area contributed by atoms with Gasteiger partial charge in [0, 0.05) is 60.9 Å². The number of nitrogens with zero attached hydrogens (tertiary/aromatic N) is 5. The Morgan fingerprint density at radius 2 is 1.94 bits per heavy atom. The van der Waals surface area contributed by atoms with Crippen molar-refractivity contribution in [1.29, 1.82) is 0 Å². The molecule has 2 aliphatic rings. The smallest absolute Gasteiger partial charge is 0.200 e. The highest BCUT2D eigenvalue weighted by Crippen LogP contribution is 2.36. The number of hydrogen-bond acceptors (Lipinski definition) is 7. The van der Waals surface area contributed by atoms with Crippen molar-refractivity contribution in [2.75, 3.05) is 31.3 Å². The minimum Gasteiger partial charge on any atom is -0.490 e. The first-order chi connectivity index (χ1) is 15.1. The Hall–Kier alpha value is -3.20. The van der Waals surface area contributed by atoms with Crippen LogP contribution in [-0.2, 0) is 11.2 Å². The number of ether oxygens (including phenoxy) is 2. The van der Waals surface area contributed by atoms with Crippen LogP contribution in [0.1, 0.15) is 24.2 Å². The average molecular weight is 425 g/mol. The lowest BCUT2D eigenvalue weighted by molar-refractivity contribution is -0.0513. The highest BCUT2D eigenvalue weighted by molar-refractivity contribution is 5.55. The van der Waals surface area contributed by atoms with Crippen molar-refractivity contribution in [3.05, 3.63) is 59.7 Å². The Morgan fingerprint density at radius 1 is 1.13 bits per heavy atom. The number of benzene rings is 1. The Morgan fingerprint density at radius 3 is 2.68 bits per heavy atom. The van der Waals surface area contributed by atoms with Crippen molar-refractivity contribution in [2.24, 2.45) is 5.92 Å². The summed E-state index contributed by atoms with van der Waals surface area (Å²) in [5.41, 5.74) is 2.40. The molecule has 4 heterocycles. The molecule has 9 heteroatoms. The molecule has 1 aromatic carbocycles. The lowest BCUT2D eigenvalue weighted by Gasteiger charge is -2.36. The Kier molecular flexibility index (Phi) is 5.19. The van der Waals surface area contributed by atoms with Crippen LogP contribution in [0.15, 0.2) is 36.8 Å². The fraction of sp³-hybridized carbons (Fsp3) is 0.364. The maximum atomic E-state index is 14.3. The Balaban J connectivity index is 1.40. The van der Waals surface area contributed by atoms with E-state index in [0.717, 1.165) is 11.3 Å². The van der Waals surface area contributed by atoms with E-state index in [1.807, 2.05) is 11.8 Å². The van der Waals surface area contributed by atoms with Crippen LogP contribution in [0, 0.1) is 17.6 Å². The van der Waals surface area contributed by atoms with Gasteiger partial charge in [-0.2, -0.15) is 4.39 Å². The number of anilines is 1. The molecule has 3 aromatic rings. The zero-order valence-electron chi connectivity index (χ0n) is 17.0. The molecule has 0 bridgehead atoms. The molecule has 160 valence electrons. The molecule has 0 N–H and O–H groups in total. The normalized spacial score (nSPS) is 18.4. The van der Waals surface area contributed by atoms with Crippen molar-refractivity contribution in [1.82, 2.24) is 19.9 Å². The zero-order valence-corrected chi connectivity index (χ0v) is 17.0. The quantitative estimate of drug-likeness (QED) is 0.621. The largest absolute Gasteiger partial charge is 0.490 e. The lowest BCUT2D eigenvalue weighted by Crippen LogP contribution is -2.35. The molecule has 0 radical (unpaired) electrons. The fourth-order valence-electron chi connectivity index (χ4n) is 3.85. The molecule has 0 amide bonds. The van der Waals surface area contributed by atoms with Gasteiger partial charge in [-0.1, -0.05) is 0 Å². The van der Waals surface area contributed by atoms with Crippen LogP contribution in [0.3, 0.4) is 0 Å². The zero-order chi connectivity index (χ0) is 21.4. The van der Waals surface area contributed by atoms with Gasteiger partial charge >= 0.3 is 0 Å². The van der Waals surface area contributed by atoms with Crippen LogP contribution < -0.4 is 9.64 Å². The summed E-state index contributed by atoms with van der Waals surface area (Å²) in [6.45, 7) is 4.06. The molecule has 5 rings (SSSR count). The molecule has 2 aromatic heterocycles. The minimum atomic E-state index is -0.968. The molecule has 1 fully saturated rings. The summed E-state index contributed by atoms with van der Waals surface area (Å²) in [6.07, 6.45) is 5.70. The third-order valence-electron chi connectivity index (χ3n) is 5.67. The van der Waals surface area contributed by atoms with E-state index in [1.165, 1.54) is 6.07 Å². The van der Waals surface area contributed by atoms with E-state index in [2.05, 4.69) is 19.9 Å². The van der Waals surface area contributed by atoms with Crippen LogP contribution in [-0.4, -0.2) is 46.3 Å². The Labute approximate surface area is 178 Å². The van der Waals surface area contributed by atoms with Gasteiger partial charge in [0.15, 0.2) is 23.2 Å². The SMILES string of the molecule is CC1c2cnc(-c3ncccn3)nc2CCN1c1cc(F)c(F)c(OCC2COC2)c1. The standard InChI is InChI=1S/C22H21F2N5O2/c1-13-16-9-27-22(21-25-4-2-5-26-21)28-18(16)3-6-29(13)15-7-17(23)20(24)19(8-15)31-12-14-10-30-11-14/h2,4-5,7-9,13-14H,3,6,10-12H2,1H3. The number of fused-ring (bicyclic) bond motifs is 1. The van der Waals surface area contributed by atoms with Gasteiger partial charge in [-0.3, -0.25) is 0 Å². The first-order valence-electron chi connectivity index (χ1n) is 10.2. The topological polar surface area (TPSA) is 73.3 Å². The van der Waals surface area contributed by atoms with Crippen LogP contribution >= 0.6 is 0 Å². The summed E-state index contributed by atoms with van der Waals surface area (Å²) in [6, 6.07) is 4.39. The number of hydrogen-bond donors (Lipinski definition) is 0. The summed E-state index contributed by atoms with van der Waals surface area (Å²) in [5, 5.41) is 0. The van der Waals surface area contributed by atoms with E-state index in [4.69, 9.17) is 9.47 Å². The van der Waals surface area contributed by atoms with Gasteiger partial charge in [-0.15, -0.1) is 0 Å². The molecule has 7 nitrogen and oxygen atoms in total. The summed E-state index contributed by atoms with van der Waals surface area (Å²) < 4.78 is 39.3. The van der Waals surface area contributed by atoms with Gasteiger partial charge in [0.05, 0.1) is 31.6 Å². The highest BCUT2D eigenvalue weighted by atomic mass is 19.2. The van der Waals surface area contributed by atoms with Crippen LogP contribution in [0.25, 0.3) is 11.6 Å². The van der Waals surface area contributed by atoms with Crippen molar-refractivity contribution in [3.8, 4) is 17.4 Å². The average Bonchev–Trinajstić information content (AvgIpc) is 2.76. The summed E-state index contributed by atoms with van der Waals surface area (Å²) in [7, 11) is 0. The van der Waals surface area contributed by atoms with Crippen LogP contribution in [0.2, 0.25) is 0 Å². The predicted molar refractivity (Wildman–Crippen MR) is 109 cm³/mol. The maximum Gasteiger partial charge on any atom is 0.200 e. The molecule has 0 saturated carbocycles. The van der Waals surface area contributed by atoms with Crippen LogP contribution in [0.4, 0.5) is 14.5 Å². The monoisotopic (exact) mass is 425 g/mol. The third kappa shape index (κ3) is 3.81. The first-order valence-corrected chi connectivity index (χ1v) is 10.2. The van der Waals surface area contributed by atoms with E-state index in [9.17, 15) is 8.78 Å². The van der Waals surface area contributed by atoms with E-state index >= 15 is 0 Å². The number of rotatable bonds is 5. The lowest BCUT2D eigenvalue weighted by atomic mass is 9.98. The molecule has 1 unspecified atom stereocenters. The molecular formula is C22H21F2N5O2. The molecule has 1 saturated heterocycles. The van der Waals surface area contributed by atoms with Crippen molar-refractivity contribution in [3.63, 3.8) is 0 Å². The van der Waals surface area contributed by atoms with Gasteiger partial charge in [-0.05, 0) is 13.0 Å². The van der Waals surface area contributed by atoms with E-state index in [0.29, 0.717) is 50.1 Å². The van der Waals surface area contributed by atoms with Crippen molar-refractivity contribution in [2.45, 2.75) is 19.4 Å². The predicted octanol–water partition coefficient (Wildman–Crippen LogP) is 3.36. The third-order valence-corrected chi connectivity index (χ3v) is 5.67. The molecule has 1 atom stereocenters. The van der Waals surface area contributed by atoms with Gasteiger partial charge < -0.3 is 14.4 Å². The van der Waals surface area contributed by atoms with Gasteiger partial charge in [0.2, 0.25) is 5.82 Å². The molecule has 2 aliphatic heterocycles. The second-order valence-corrected chi connectivity index (χ2v) is 7.74. The maximum absolute atomic E-state index is 14.3. The summed E-state index contributed by atoms with van der Waals surface area (Å²) in [4.78, 5) is 19.5. The second-order valence-electron chi connectivity index (χ2n) is 7.74. The van der Waals surface area contributed by atoms with Gasteiger partial charge in [0.1, 0.15) is 0 Å². The Bertz CT molecular complexity index is 1090. The highest BCUT2D eigenvalue weighted by Gasteiger charge is 2.28.